The number of nitrogens with two attached hydrogens (primary N) is 1. The predicted octanol–water partition coefficient (Wildman–Crippen LogP) is 0.939. The van der Waals surface area contributed by atoms with Gasteiger partial charge in [0.25, 0.3) is 0 Å². The van der Waals surface area contributed by atoms with Gasteiger partial charge in [0.05, 0.1) is 12.1 Å². The van der Waals surface area contributed by atoms with Crippen LogP contribution in [0.2, 0.25) is 0 Å². The molecule has 1 unspecified atom stereocenters. The van der Waals surface area contributed by atoms with Gasteiger partial charge in [-0.3, -0.25) is 10.0 Å². The third-order valence-electron chi connectivity index (χ3n) is 4.67. The summed E-state index contributed by atoms with van der Waals surface area (Å²) >= 11 is 1.70. The largest absolute Gasteiger partial charge is 0.479 e. The molecule has 2 aliphatic heterocycles. The van der Waals surface area contributed by atoms with Crippen molar-refractivity contribution in [1.82, 2.24) is 10.4 Å². The summed E-state index contributed by atoms with van der Waals surface area (Å²) in [5, 5.41) is 22.5. The molecule has 5 N–H and O–H groups in total. The first-order chi connectivity index (χ1) is 12.4. The number of rotatable bonds is 11. The summed E-state index contributed by atoms with van der Waals surface area (Å²) in [5.74, 6) is -0.877. The van der Waals surface area contributed by atoms with Crippen LogP contribution in [0.3, 0.4) is 0 Å². The normalized spacial score (nSPS) is 25.7. The van der Waals surface area contributed by atoms with Crippen molar-refractivity contribution in [2.24, 2.45) is 5.73 Å². The number of fused-ring (bicyclic) bond motifs is 1. The van der Waals surface area contributed by atoms with Gasteiger partial charge in [-0.1, -0.05) is 6.42 Å². The summed E-state index contributed by atoms with van der Waals surface area (Å²) in [4.78, 5) is 34.4. The molecule has 0 aromatic carbocycles. The molecule has 2 rings (SSSR count). The molecule has 0 aliphatic carbocycles. The van der Waals surface area contributed by atoms with Crippen molar-refractivity contribution in [2.45, 2.75) is 68.4 Å². The van der Waals surface area contributed by atoms with Crippen LogP contribution in [0.4, 0.5) is 4.79 Å². The van der Waals surface area contributed by atoms with Gasteiger partial charge in [0.1, 0.15) is 0 Å². The molecule has 0 aromatic rings. The number of ether oxygens (including phenoxy) is 1. The lowest BCUT2D eigenvalue weighted by molar-refractivity contribution is -0.164. The number of hydrogen-bond acceptors (Lipinski definition) is 7. The number of carboxylic acids is 1. The Morgan fingerprint density at radius 2 is 2.12 bits per heavy atom. The number of esters is 1. The van der Waals surface area contributed by atoms with Gasteiger partial charge in [-0.25, -0.2) is 9.59 Å². The molecular weight excluding hydrogens is 362 g/mol. The van der Waals surface area contributed by atoms with Crippen LogP contribution in [0.15, 0.2) is 0 Å². The Labute approximate surface area is 156 Å². The minimum atomic E-state index is -1.13. The fourth-order valence-electron chi connectivity index (χ4n) is 3.29. The van der Waals surface area contributed by atoms with Crippen molar-refractivity contribution in [1.29, 1.82) is 0 Å². The van der Waals surface area contributed by atoms with Gasteiger partial charge in [-0.2, -0.15) is 16.8 Å². The average Bonchev–Trinajstić information content (AvgIpc) is 3.11. The number of hydrogen-bond donors (Lipinski definition) is 4. The standard InChI is InChI=1S/C16H27N3O6S/c17-8-4-3-5-11(15(21)22)25-13(20)7-2-1-6-12-14-10(9-26-12)18-16(23)19(14)24/h10-12,14,24H,1-9,17H2,(H,18,23)(H,21,22)/t10-,11?,12-,14-/m1/s1. The second kappa shape index (κ2) is 9.98. The average molecular weight is 389 g/mol. The number of carbonyl (C=O) groups excluding carboxylic acids is 2. The number of amides is 2. The van der Waals surface area contributed by atoms with E-state index in [1.165, 1.54) is 0 Å². The summed E-state index contributed by atoms with van der Waals surface area (Å²) in [6.45, 7) is 0.480. The molecule has 0 bridgehead atoms. The van der Waals surface area contributed by atoms with E-state index >= 15 is 0 Å². The van der Waals surface area contributed by atoms with Crippen molar-refractivity contribution in [3.63, 3.8) is 0 Å². The molecule has 0 radical (unpaired) electrons. The second-order valence-electron chi connectivity index (χ2n) is 6.61. The summed E-state index contributed by atoms with van der Waals surface area (Å²) in [5.41, 5.74) is 5.38. The second-order valence-corrected chi connectivity index (χ2v) is 7.88. The topological polar surface area (TPSA) is 142 Å². The molecule has 10 heteroatoms. The Kier molecular flexibility index (Phi) is 7.98. The van der Waals surface area contributed by atoms with Crippen molar-refractivity contribution >= 4 is 29.7 Å². The van der Waals surface area contributed by atoms with E-state index in [0.717, 1.165) is 23.7 Å². The summed E-state index contributed by atoms with van der Waals surface area (Å²) in [6.07, 6.45) is 2.70. The van der Waals surface area contributed by atoms with Gasteiger partial charge in [0.2, 0.25) is 0 Å². The lowest BCUT2D eigenvalue weighted by atomic mass is 10.0. The highest BCUT2D eigenvalue weighted by molar-refractivity contribution is 8.00. The van der Waals surface area contributed by atoms with E-state index in [1.807, 2.05) is 0 Å². The fraction of sp³-hybridized carbons (Fsp3) is 0.812. The Morgan fingerprint density at radius 1 is 1.35 bits per heavy atom. The van der Waals surface area contributed by atoms with E-state index in [0.29, 0.717) is 25.8 Å². The van der Waals surface area contributed by atoms with Crippen LogP contribution in [0.1, 0.15) is 44.9 Å². The summed E-state index contributed by atoms with van der Waals surface area (Å²) < 4.78 is 5.04. The van der Waals surface area contributed by atoms with Gasteiger partial charge in [-0.05, 0) is 38.6 Å². The van der Waals surface area contributed by atoms with Gasteiger partial charge >= 0.3 is 18.0 Å². The highest BCUT2D eigenvalue weighted by atomic mass is 32.2. The minimum absolute atomic E-state index is 0.0303. The molecule has 0 saturated carbocycles. The molecule has 148 valence electrons. The van der Waals surface area contributed by atoms with Gasteiger partial charge in [0, 0.05) is 17.4 Å². The maximum Gasteiger partial charge on any atom is 0.345 e. The van der Waals surface area contributed by atoms with Gasteiger partial charge in [-0.15, -0.1) is 0 Å². The van der Waals surface area contributed by atoms with Crippen molar-refractivity contribution in [3.05, 3.63) is 0 Å². The molecule has 2 saturated heterocycles. The summed E-state index contributed by atoms with van der Waals surface area (Å²) in [7, 11) is 0. The van der Waals surface area contributed by atoms with Crippen LogP contribution in [0, 0.1) is 0 Å². The lowest BCUT2D eigenvalue weighted by Crippen LogP contribution is -2.38. The zero-order chi connectivity index (χ0) is 19.1. The lowest BCUT2D eigenvalue weighted by Gasteiger charge is -2.21. The zero-order valence-electron chi connectivity index (χ0n) is 14.6. The molecule has 4 atom stereocenters. The van der Waals surface area contributed by atoms with E-state index in [1.54, 1.807) is 11.8 Å². The number of unbranched alkanes of at least 4 members (excludes halogenated alkanes) is 2. The molecule has 2 heterocycles. The monoisotopic (exact) mass is 389 g/mol. The number of carbonyl (C=O) groups is 3. The third kappa shape index (κ3) is 5.49. The van der Waals surface area contributed by atoms with E-state index < -0.39 is 24.1 Å². The molecule has 2 fully saturated rings. The highest BCUT2D eigenvalue weighted by Crippen LogP contribution is 2.36. The number of urea groups is 1. The first-order valence-corrected chi connectivity index (χ1v) is 10.0. The van der Waals surface area contributed by atoms with E-state index in [9.17, 15) is 19.6 Å². The molecule has 0 spiro atoms. The van der Waals surface area contributed by atoms with Crippen LogP contribution < -0.4 is 11.1 Å². The molecular formula is C16H27N3O6S. The Morgan fingerprint density at radius 3 is 2.81 bits per heavy atom. The quantitative estimate of drug-likeness (QED) is 0.177. The number of thioether (sulfide) groups is 1. The van der Waals surface area contributed by atoms with Crippen molar-refractivity contribution in [3.8, 4) is 0 Å². The van der Waals surface area contributed by atoms with Crippen LogP contribution >= 0.6 is 11.8 Å². The first-order valence-electron chi connectivity index (χ1n) is 8.96. The number of carboxylic acid groups (broad SMARTS) is 1. The SMILES string of the molecule is NCCCCC(OC(=O)CCCC[C@H]1SC[C@H]2NC(=O)N(O)[C@H]21)C(=O)O. The molecule has 0 aromatic heterocycles. The van der Waals surface area contributed by atoms with Crippen LogP contribution in [-0.4, -0.2) is 69.1 Å². The van der Waals surface area contributed by atoms with Crippen molar-refractivity contribution in [2.75, 3.05) is 12.3 Å². The number of hydroxylamine groups is 2. The molecule has 2 amide bonds. The number of nitrogens with one attached hydrogen (secondary N) is 1. The van der Waals surface area contributed by atoms with E-state index in [2.05, 4.69) is 5.32 Å². The number of nitrogens with zero attached hydrogens (tertiary/aromatic N) is 1. The Bertz CT molecular complexity index is 520. The Hall–Kier alpha value is -1.52. The molecule has 2 aliphatic rings. The molecule has 26 heavy (non-hydrogen) atoms. The maximum atomic E-state index is 11.8. The first kappa shape index (κ1) is 20.8. The van der Waals surface area contributed by atoms with Crippen LogP contribution in [-0.2, 0) is 14.3 Å². The Balaban J connectivity index is 1.65. The van der Waals surface area contributed by atoms with E-state index in [-0.39, 0.29) is 30.2 Å². The van der Waals surface area contributed by atoms with Gasteiger partial charge < -0.3 is 20.9 Å². The van der Waals surface area contributed by atoms with Gasteiger partial charge in [0.15, 0.2) is 6.10 Å². The smallest absolute Gasteiger partial charge is 0.345 e. The van der Waals surface area contributed by atoms with Crippen LogP contribution in [0.25, 0.3) is 0 Å². The van der Waals surface area contributed by atoms with E-state index in [4.69, 9.17) is 15.6 Å². The van der Waals surface area contributed by atoms with Crippen LogP contribution in [0.5, 0.6) is 0 Å². The highest BCUT2D eigenvalue weighted by Gasteiger charge is 2.48. The zero-order valence-corrected chi connectivity index (χ0v) is 15.5. The predicted molar refractivity (Wildman–Crippen MR) is 94.9 cm³/mol. The number of aliphatic carboxylic acids is 1. The molecule has 9 nitrogen and oxygen atoms in total. The third-order valence-corrected chi connectivity index (χ3v) is 6.17. The minimum Gasteiger partial charge on any atom is -0.479 e. The van der Waals surface area contributed by atoms with Crippen molar-refractivity contribution < 1.29 is 29.4 Å². The maximum absolute atomic E-state index is 11.8. The summed E-state index contributed by atoms with van der Waals surface area (Å²) in [6, 6.07) is -0.709. The fourth-order valence-corrected chi connectivity index (χ4v) is 4.86.